The molecule has 0 bridgehead atoms. The highest BCUT2D eigenvalue weighted by atomic mass is 32.2. The standard InChI is InChI=1S/C23H27N5O5S/c1-14-8-9-17(34(32,33)28-10-6-5-7-15(28)2)12-18(14)21(29)25-16-11-19-20(24-13-16)26(3)23(31)27(4)22(19)30/h8-9,11-13,15H,5-7,10H2,1-4H3,(H,25,29). The molecular weight excluding hydrogens is 458 g/mol. The minimum atomic E-state index is -3.74. The molecule has 3 heterocycles. The number of benzene rings is 1. The lowest BCUT2D eigenvalue weighted by atomic mass is 10.1. The van der Waals surface area contributed by atoms with Gasteiger partial charge in [0.05, 0.1) is 22.2 Å². The molecule has 1 saturated heterocycles. The molecule has 1 aliphatic rings. The number of fused-ring (bicyclic) bond motifs is 1. The number of nitrogens with one attached hydrogen (secondary N) is 1. The Kier molecular flexibility index (Phi) is 6.17. The third-order valence-corrected chi connectivity index (χ3v) is 8.36. The number of carbonyl (C=O) groups excluding carboxylic acids is 1. The Morgan fingerprint density at radius 1 is 1.12 bits per heavy atom. The maximum absolute atomic E-state index is 13.2. The van der Waals surface area contributed by atoms with E-state index < -0.39 is 27.2 Å². The number of hydrogen-bond donors (Lipinski definition) is 1. The van der Waals surface area contributed by atoms with E-state index in [0.29, 0.717) is 12.1 Å². The van der Waals surface area contributed by atoms with E-state index >= 15 is 0 Å². The van der Waals surface area contributed by atoms with Crippen molar-refractivity contribution in [1.29, 1.82) is 0 Å². The molecule has 180 valence electrons. The summed E-state index contributed by atoms with van der Waals surface area (Å²) in [5.41, 5.74) is 0.242. The number of aromatic nitrogens is 3. The van der Waals surface area contributed by atoms with E-state index in [9.17, 15) is 22.8 Å². The van der Waals surface area contributed by atoms with Gasteiger partial charge in [-0.05, 0) is 50.5 Å². The fourth-order valence-corrected chi connectivity index (χ4v) is 6.03. The van der Waals surface area contributed by atoms with Crippen molar-refractivity contribution in [2.24, 2.45) is 14.1 Å². The molecule has 1 fully saturated rings. The number of rotatable bonds is 4. The molecule has 1 unspecified atom stereocenters. The molecule has 1 amide bonds. The van der Waals surface area contributed by atoms with E-state index in [1.165, 1.54) is 47.4 Å². The van der Waals surface area contributed by atoms with Crippen molar-refractivity contribution < 1.29 is 13.2 Å². The molecular formula is C23H27N5O5S. The molecule has 1 aromatic carbocycles. The van der Waals surface area contributed by atoms with Gasteiger partial charge in [-0.25, -0.2) is 18.2 Å². The molecule has 3 aromatic rings. The summed E-state index contributed by atoms with van der Waals surface area (Å²) in [6.45, 7) is 4.07. The molecule has 1 atom stereocenters. The number of sulfonamides is 1. The first-order valence-corrected chi connectivity index (χ1v) is 12.5. The van der Waals surface area contributed by atoms with Gasteiger partial charge >= 0.3 is 5.69 Å². The molecule has 34 heavy (non-hydrogen) atoms. The zero-order chi connectivity index (χ0) is 24.8. The van der Waals surface area contributed by atoms with Crippen LogP contribution in [0.2, 0.25) is 0 Å². The fraction of sp³-hybridized carbons (Fsp3) is 0.391. The van der Waals surface area contributed by atoms with Gasteiger partial charge in [0.25, 0.3) is 11.5 Å². The average Bonchev–Trinajstić information content (AvgIpc) is 2.81. The molecule has 1 aliphatic heterocycles. The summed E-state index contributed by atoms with van der Waals surface area (Å²) in [5, 5.41) is 2.87. The number of carbonyl (C=O) groups is 1. The predicted octanol–water partition coefficient (Wildman–Crippen LogP) is 1.76. The number of amides is 1. The summed E-state index contributed by atoms with van der Waals surface area (Å²) in [7, 11) is -0.864. The molecule has 0 spiro atoms. The zero-order valence-corrected chi connectivity index (χ0v) is 20.3. The van der Waals surface area contributed by atoms with Crippen molar-refractivity contribution >= 4 is 32.7 Å². The lowest BCUT2D eigenvalue weighted by Crippen LogP contribution is -2.42. The van der Waals surface area contributed by atoms with Crippen LogP contribution in [0.1, 0.15) is 42.1 Å². The lowest BCUT2D eigenvalue weighted by Gasteiger charge is -2.32. The predicted molar refractivity (Wildman–Crippen MR) is 129 cm³/mol. The minimum absolute atomic E-state index is 0.0671. The number of anilines is 1. The largest absolute Gasteiger partial charge is 0.332 e. The van der Waals surface area contributed by atoms with Crippen LogP contribution in [0.3, 0.4) is 0 Å². The highest BCUT2D eigenvalue weighted by molar-refractivity contribution is 7.89. The Labute approximate surface area is 196 Å². The average molecular weight is 486 g/mol. The molecule has 0 aliphatic carbocycles. The lowest BCUT2D eigenvalue weighted by molar-refractivity contribution is 0.102. The normalized spacial score (nSPS) is 17.1. The van der Waals surface area contributed by atoms with Gasteiger partial charge in [0.15, 0.2) is 0 Å². The number of hydrogen-bond acceptors (Lipinski definition) is 6. The summed E-state index contributed by atoms with van der Waals surface area (Å²) in [6, 6.07) is 5.87. The van der Waals surface area contributed by atoms with Gasteiger partial charge in [0.2, 0.25) is 10.0 Å². The van der Waals surface area contributed by atoms with Gasteiger partial charge in [-0.15, -0.1) is 0 Å². The molecule has 2 aromatic heterocycles. The second-order valence-corrected chi connectivity index (χ2v) is 10.6. The third-order valence-electron chi connectivity index (χ3n) is 6.35. The maximum Gasteiger partial charge on any atom is 0.332 e. The molecule has 4 rings (SSSR count). The highest BCUT2D eigenvalue weighted by Crippen LogP contribution is 2.27. The quantitative estimate of drug-likeness (QED) is 0.601. The van der Waals surface area contributed by atoms with Crippen LogP contribution in [-0.2, 0) is 24.1 Å². The van der Waals surface area contributed by atoms with Crippen LogP contribution in [0.5, 0.6) is 0 Å². The summed E-state index contributed by atoms with van der Waals surface area (Å²) >= 11 is 0. The highest BCUT2D eigenvalue weighted by Gasteiger charge is 2.31. The van der Waals surface area contributed by atoms with Crippen molar-refractivity contribution in [3.8, 4) is 0 Å². The van der Waals surface area contributed by atoms with Gasteiger partial charge in [-0.3, -0.25) is 18.7 Å². The minimum Gasteiger partial charge on any atom is -0.321 e. The SMILES string of the molecule is Cc1ccc(S(=O)(=O)N2CCCCC2C)cc1C(=O)Nc1cnc2c(c1)c(=O)n(C)c(=O)n2C. The molecule has 0 radical (unpaired) electrons. The van der Waals surface area contributed by atoms with E-state index in [0.717, 1.165) is 23.8 Å². The fourth-order valence-electron chi connectivity index (χ4n) is 4.30. The number of nitrogens with zero attached hydrogens (tertiary/aromatic N) is 4. The van der Waals surface area contributed by atoms with E-state index in [1.54, 1.807) is 13.0 Å². The van der Waals surface area contributed by atoms with Crippen LogP contribution in [0.25, 0.3) is 11.0 Å². The van der Waals surface area contributed by atoms with E-state index in [4.69, 9.17) is 0 Å². The van der Waals surface area contributed by atoms with Crippen LogP contribution in [-0.4, -0.2) is 45.3 Å². The molecule has 1 N–H and O–H groups in total. The zero-order valence-electron chi connectivity index (χ0n) is 19.5. The Bertz CT molecular complexity index is 1520. The summed E-state index contributed by atoms with van der Waals surface area (Å²) in [6.07, 6.45) is 3.96. The Hall–Kier alpha value is -3.31. The van der Waals surface area contributed by atoms with Crippen molar-refractivity contribution in [3.05, 3.63) is 62.4 Å². The second kappa shape index (κ2) is 8.80. The van der Waals surface area contributed by atoms with Crippen LogP contribution < -0.4 is 16.6 Å². The first-order chi connectivity index (χ1) is 16.0. The summed E-state index contributed by atoms with van der Waals surface area (Å²) < 4.78 is 30.2. The Morgan fingerprint density at radius 2 is 1.85 bits per heavy atom. The van der Waals surface area contributed by atoms with Crippen molar-refractivity contribution in [2.75, 3.05) is 11.9 Å². The number of pyridine rings is 1. The van der Waals surface area contributed by atoms with E-state index in [-0.39, 0.29) is 33.2 Å². The molecule has 10 nitrogen and oxygen atoms in total. The van der Waals surface area contributed by atoms with Gasteiger partial charge in [-0.2, -0.15) is 4.31 Å². The van der Waals surface area contributed by atoms with E-state index in [1.807, 2.05) is 6.92 Å². The van der Waals surface area contributed by atoms with Crippen molar-refractivity contribution in [3.63, 3.8) is 0 Å². The first kappa shape index (κ1) is 23.8. The van der Waals surface area contributed by atoms with Crippen LogP contribution in [0.15, 0.2) is 44.9 Å². The maximum atomic E-state index is 13.2. The van der Waals surface area contributed by atoms with Gasteiger partial charge < -0.3 is 5.32 Å². The topological polar surface area (TPSA) is 123 Å². The Balaban J connectivity index is 1.68. The summed E-state index contributed by atoms with van der Waals surface area (Å²) in [4.78, 5) is 41.9. The first-order valence-electron chi connectivity index (χ1n) is 11.0. The molecule has 0 saturated carbocycles. The van der Waals surface area contributed by atoms with Crippen LogP contribution >= 0.6 is 0 Å². The van der Waals surface area contributed by atoms with Crippen molar-refractivity contribution in [2.45, 2.75) is 44.0 Å². The van der Waals surface area contributed by atoms with Gasteiger partial charge in [0.1, 0.15) is 5.65 Å². The van der Waals surface area contributed by atoms with Gasteiger partial charge in [-0.1, -0.05) is 12.5 Å². The van der Waals surface area contributed by atoms with Crippen LogP contribution in [0.4, 0.5) is 5.69 Å². The molecule has 11 heteroatoms. The number of piperidine rings is 1. The summed E-state index contributed by atoms with van der Waals surface area (Å²) in [5.74, 6) is -0.524. The van der Waals surface area contributed by atoms with Crippen LogP contribution in [0, 0.1) is 6.92 Å². The van der Waals surface area contributed by atoms with Crippen molar-refractivity contribution in [1.82, 2.24) is 18.4 Å². The van der Waals surface area contributed by atoms with E-state index in [2.05, 4.69) is 10.3 Å². The monoisotopic (exact) mass is 485 g/mol. The number of aryl methyl sites for hydroxylation is 2. The van der Waals surface area contributed by atoms with Gasteiger partial charge in [0, 0.05) is 32.2 Å². The Morgan fingerprint density at radius 3 is 2.56 bits per heavy atom. The second-order valence-electron chi connectivity index (χ2n) is 8.69. The third kappa shape index (κ3) is 4.05. The smallest absolute Gasteiger partial charge is 0.321 e.